The van der Waals surface area contributed by atoms with Crippen LogP contribution in [0.15, 0.2) is 41.6 Å². The molecule has 0 saturated carbocycles. The van der Waals surface area contributed by atoms with Crippen LogP contribution in [0.1, 0.15) is 25.0 Å². The largest absolute Gasteiger partial charge is 0.477 e. The number of carboxylic acid groups (broad SMARTS) is 1. The Morgan fingerprint density at radius 2 is 2.00 bits per heavy atom. The highest BCUT2D eigenvalue weighted by molar-refractivity contribution is 5.99. The minimum Gasteiger partial charge on any atom is -0.477 e. The highest BCUT2D eigenvalue weighted by Crippen LogP contribution is 2.47. The number of methoxy groups -OCH3 is 1. The van der Waals surface area contributed by atoms with Gasteiger partial charge >= 0.3 is 5.97 Å². The third-order valence-electron chi connectivity index (χ3n) is 4.62. The molecule has 0 aliphatic carbocycles. The maximum Gasteiger partial charge on any atom is 0.352 e. The van der Waals surface area contributed by atoms with E-state index in [1.165, 1.54) is 12.0 Å². The van der Waals surface area contributed by atoms with Gasteiger partial charge in [-0.15, -0.1) is 0 Å². The van der Waals surface area contributed by atoms with Gasteiger partial charge in [0.15, 0.2) is 0 Å². The van der Waals surface area contributed by atoms with Gasteiger partial charge in [0.2, 0.25) is 5.91 Å². The molecule has 0 aromatic heterocycles. The summed E-state index contributed by atoms with van der Waals surface area (Å²) >= 11 is 0. The fourth-order valence-electron chi connectivity index (χ4n) is 3.64. The van der Waals surface area contributed by atoms with Crippen molar-refractivity contribution >= 4 is 11.9 Å². The second kappa shape index (κ2) is 5.79. The van der Waals surface area contributed by atoms with E-state index in [-0.39, 0.29) is 17.6 Å². The lowest BCUT2D eigenvalue weighted by Gasteiger charge is -2.44. The number of aliphatic carboxylic acids is 1. The van der Waals surface area contributed by atoms with Crippen molar-refractivity contribution in [1.82, 2.24) is 4.90 Å². The summed E-state index contributed by atoms with van der Waals surface area (Å²) in [6.07, 6.45) is -0.915. The fraction of sp³-hybridized carbons (Fsp3) is 0.412. The van der Waals surface area contributed by atoms with Crippen LogP contribution in [0.5, 0.6) is 0 Å². The van der Waals surface area contributed by atoms with Gasteiger partial charge in [0.1, 0.15) is 11.8 Å². The van der Waals surface area contributed by atoms with E-state index in [2.05, 4.69) is 0 Å². The summed E-state index contributed by atoms with van der Waals surface area (Å²) in [5, 5.41) is 19.3. The summed E-state index contributed by atoms with van der Waals surface area (Å²) < 4.78 is 5.53. The molecule has 1 aromatic rings. The van der Waals surface area contributed by atoms with Gasteiger partial charge in [0.25, 0.3) is 0 Å². The number of nitrogens with zero attached hydrogens (tertiary/aromatic N) is 1. The van der Waals surface area contributed by atoms with Crippen molar-refractivity contribution in [3.05, 3.63) is 47.2 Å². The van der Waals surface area contributed by atoms with Crippen LogP contribution in [-0.2, 0) is 14.3 Å². The van der Waals surface area contributed by atoms with E-state index in [0.717, 1.165) is 5.56 Å². The maximum absolute atomic E-state index is 12.2. The minimum absolute atomic E-state index is 0.00685. The molecule has 2 aliphatic heterocycles. The number of hydrogen-bond acceptors (Lipinski definition) is 4. The molecule has 1 saturated heterocycles. The van der Waals surface area contributed by atoms with Crippen molar-refractivity contribution in [2.75, 3.05) is 7.11 Å². The van der Waals surface area contributed by atoms with Crippen LogP contribution in [-0.4, -0.2) is 46.2 Å². The number of benzene rings is 1. The van der Waals surface area contributed by atoms with Gasteiger partial charge < -0.3 is 19.8 Å². The first-order valence-corrected chi connectivity index (χ1v) is 7.52. The van der Waals surface area contributed by atoms with E-state index in [9.17, 15) is 19.8 Å². The summed E-state index contributed by atoms with van der Waals surface area (Å²) in [6, 6.07) is 9.02. The Hall–Kier alpha value is -2.18. The number of hydrogen-bond donors (Lipinski definition) is 2. The predicted molar refractivity (Wildman–Crippen MR) is 81.3 cm³/mol. The van der Waals surface area contributed by atoms with Gasteiger partial charge in [-0.2, -0.15) is 0 Å². The van der Waals surface area contributed by atoms with Crippen LogP contribution in [0, 0.1) is 5.92 Å². The summed E-state index contributed by atoms with van der Waals surface area (Å²) in [7, 11) is 1.52. The van der Waals surface area contributed by atoms with E-state index in [1.54, 1.807) is 6.92 Å². The molecule has 4 atom stereocenters. The van der Waals surface area contributed by atoms with Crippen LogP contribution < -0.4 is 0 Å². The molecule has 3 rings (SSSR count). The van der Waals surface area contributed by atoms with Gasteiger partial charge in [-0.1, -0.05) is 30.3 Å². The quantitative estimate of drug-likeness (QED) is 0.800. The zero-order valence-electron chi connectivity index (χ0n) is 13.0. The van der Waals surface area contributed by atoms with Crippen molar-refractivity contribution in [3.63, 3.8) is 0 Å². The Morgan fingerprint density at radius 3 is 2.52 bits per heavy atom. The van der Waals surface area contributed by atoms with Crippen molar-refractivity contribution in [2.24, 2.45) is 5.92 Å². The summed E-state index contributed by atoms with van der Waals surface area (Å²) in [5.41, 5.74) is 1.41. The number of rotatable bonds is 5. The van der Waals surface area contributed by atoms with Crippen molar-refractivity contribution in [2.45, 2.75) is 31.6 Å². The van der Waals surface area contributed by atoms with Crippen molar-refractivity contribution in [3.8, 4) is 0 Å². The smallest absolute Gasteiger partial charge is 0.352 e. The Labute approximate surface area is 134 Å². The van der Waals surface area contributed by atoms with E-state index >= 15 is 0 Å². The van der Waals surface area contributed by atoms with Crippen LogP contribution >= 0.6 is 0 Å². The Bertz CT molecular complexity index is 667. The number of fused-ring (bicyclic) bond motifs is 1. The van der Waals surface area contributed by atoms with Crippen LogP contribution in [0.2, 0.25) is 0 Å². The molecule has 122 valence electrons. The number of β-lactam (4-membered cyclic amide) rings is 1. The molecule has 1 aromatic carbocycles. The number of ether oxygens (including phenoxy) is 1. The number of carbonyl (C=O) groups is 2. The highest BCUT2D eigenvalue weighted by Gasteiger charge is 2.57. The average molecular weight is 317 g/mol. The van der Waals surface area contributed by atoms with Crippen molar-refractivity contribution in [1.29, 1.82) is 0 Å². The van der Waals surface area contributed by atoms with Crippen LogP contribution in [0.4, 0.5) is 0 Å². The van der Waals surface area contributed by atoms with E-state index in [0.29, 0.717) is 12.0 Å². The number of aliphatic hydroxyl groups is 1. The van der Waals surface area contributed by atoms with Crippen LogP contribution in [0.25, 0.3) is 0 Å². The molecule has 2 heterocycles. The summed E-state index contributed by atoms with van der Waals surface area (Å²) in [6.45, 7) is 1.56. The Kier molecular flexibility index (Phi) is 3.95. The lowest BCUT2D eigenvalue weighted by atomic mass is 9.82. The second-order valence-corrected chi connectivity index (χ2v) is 5.95. The first kappa shape index (κ1) is 15.7. The zero-order chi connectivity index (χ0) is 16.7. The Balaban J connectivity index is 2.01. The molecular formula is C17H19NO5. The third kappa shape index (κ3) is 2.34. The van der Waals surface area contributed by atoms with Gasteiger partial charge in [0.05, 0.1) is 18.1 Å². The molecule has 1 fully saturated rings. The second-order valence-electron chi connectivity index (χ2n) is 5.95. The number of carbonyl (C=O) groups excluding carboxylic acids is 1. The molecule has 0 spiro atoms. The van der Waals surface area contributed by atoms with Gasteiger partial charge in [-0.25, -0.2) is 4.79 Å². The van der Waals surface area contributed by atoms with E-state index in [1.807, 2.05) is 30.3 Å². The van der Waals surface area contributed by atoms with Gasteiger partial charge in [-0.05, 0) is 24.5 Å². The minimum atomic E-state index is -1.14. The monoisotopic (exact) mass is 317 g/mol. The van der Waals surface area contributed by atoms with Crippen molar-refractivity contribution < 1.29 is 24.5 Å². The Morgan fingerprint density at radius 1 is 1.35 bits per heavy atom. The lowest BCUT2D eigenvalue weighted by molar-refractivity contribution is -0.161. The SMILES string of the molecule is COC(C1=C(C(=O)O)N2C(=O)[C@H]([C@@H](C)O)[C@H]2C1)c1ccccc1. The number of carboxylic acids is 1. The normalized spacial score (nSPS) is 25.9. The highest BCUT2D eigenvalue weighted by atomic mass is 16.5. The zero-order valence-corrected chi connectivity index (χ0v) is 13.0. The number of amides is 1. The summed E-state index contributed by atoms with van der Waals surface area (Å²) in [4.78, 5) is 25.2. The molecule has 6 nitrogen and oxygen atoms in total. The lowest BCUT2D eigenvalue weighted by Crippen LogP contribution is -2.61. The number of aliphatic hydroxyl groups excluding tert-OH is 1. The topological polar surface area (TPSA) is 87.1 Å². The molecule has 1 amide bonds. The summed E-state index contributed by atoms with van der Waals surface area (Å²) in [5.74, 6) is -2.02. The van der Waals surface area contributed by atoms with Gasteiger partial charge in [0, 0.05) is 7.11 Å². The molecule has 2 N–H and O–H groups in total. The first-order valence-electron chi connectivity index (χ1n) is 7.52. The van der Waals surface area contributed by atoms with E-state index < -0.39 is 24.1 Å². The first-order chi connectivity index (χ1) is 11.0. The van der Waals surface area contributed by atoms with E-state index in [4.69, 9.17) is 4.74 Å². The molecule has 0 bridgehead atoms. The fourth-order valence-corrected chi connectivity index (χ4v) is 3.64. The molecule has 2 aliphatic rings. The molecule has 23 heavy (non-hydrogen) atoms. The standard InChI is InChI=1S/C17H19NO5/c1-9(19)13-12-8-11(14(17(21)22)18(12)16(13)20)15(23-2)10-6-4-3-5-7-10/h3-7,9,12-13,15,19H,8H2,1-2H3,(H,21,22)/t9-,12-,13-,15?/m1/s1. The average Bonchev–Trinajstić information content (AvgIpc) is 2.84. The maximum atomic E-state index is 12.2. The molecule has 6 heteroatoms. The molecule has 1 unspecified atom stereocenters. The third-order valence-corrected chi connectivity index (χ3v) is 4.62. The van der Waals surface area contributed by atoms with Crippen LogP contribution in [0.3, 0.4) is 0 Å². The van der Waals surface area contributed by atoms with Gasteiger partial charge in [-0.3, -0.25) is 4.79 Å². The molecular weight excluding hydrogens is 298 g/mol. The predicted octanol–water partition coefficient (Wildman–Crippen LogP) is 1.32. The molecule has 0 radical (unpaired) electrons.